The Kier molecular flexibility index (Phi) is 10.8. The molecule has 0 atom stereocenters. The number of nitrogens with two attached hydrogens (primary N) is 3. The lowest BCUT2D eigenvalue weighted by molar-refractivity contribution is 0.118. The molecule has 8 heteroatoms. The van der Waals surface area contributed by atoms with E-state index in [0.29, 0.717) is 21.1 Å². The second-order valence-corrected chi connectivity index (χ2v) is 8.73. The molecular formula is C25H29ClFN3O2S. The monoisotopic (exact) mass is 489 g/mol. The van der Waals surface area contributed by atoms with Crippen molar-refractivity contribution in [3.8, 4) is 0 Å². The molecular weight excluding hydrogens is 461 g/mol. The summed E-state index contributed by atoms with van der Waals surface area (Å²) in [5.74, 6) is -0.139. The number of hydrogen-bond acceptors (Lipinski definition) is 6. The summed E-state index contributed by atoms with van der Waals surface area (Å²) < 4.78 is 19.2. The van der Waals surface area contributed by atoms with Crippen LogP contribution in [0.4, 0.5) is 4.39 Å². The average molecular weight is 490 g/mol. The van der Waals surface area contributed by atoms with Gasteiger partial charge in [-0.1, -0.05) is 55.3 Å². The van der Waals surface area contributed by atoms with Gasteiger partial charge < -0.3 is 27.0 Å². The van der Waals surface area contributed by atoms with Gasteiger partial charge in [-0.05, 0) is 56.3 Å². The van der Waals surface area contributed by atoms with Gasteiger partial charge in [-0.3, -0.25) is 0 Å². The summed E-state index contributed by atoms with van der Waals surface area (Å²) in [5, 5.41) is 10.6. The third-order valence-corrected chi connectivity index (χ3v) is 5.23. The van der Waals surface area contributed by atoms with Gasteiger partial charge in [-0.25, -0.2) is 4.39 Å². The van der Waals surface area contributed by atoms with E-state index in [4.69, 9.17) is 33.5 Å². The van der Waals surface area contributed by atoms with Crippen molar-refractivity contribution in [1.82, 2.24) is 0 Å². The van der Waals surface area contributed by atoms with Gasteiger partial charge >= 0.3 is 0 Å². The lowest BCUT2D eigenvalue weighted by atomic mass is 10.0. The van der Waals surface area contributed by atoms with E-state index in [0.717, 1.165) is 11.8 Å². The lowest BCUT2D eigenvalue weighted by Crippen LogP contribution is -2.27. The molecule has 176 valence electrons. The molecule has 1 rings (SSSR count). The van der Waals surface area contributed by atoms with Gasteiger partial charge in [0.15, 0.2) is 5.09 Å². The Morgan fingerprint density at radius 3 is 2.27 bits per heavy atom. The van der Waals surface area contributed by atoms with Crippen LogP contribution in [-0.2, 0) is 4.74 Å². The first-order valence-electron chi connectivity index (χ1n) is 9.66. The zero-order valence-electron chi connectivity index (χ0n) is 18.6. The van der Waals surface area contributed by atoms with Gasteiger partial charge in [0.2, 0.25) is 0 Å². The molecule has 0 spiro atoms. The van der Waals surface area contributed by atoms with Gasteiger partial charge in [-0.15, -0.1) is 0 Å². The van der Waals surface area contributed by atoms with Crippen molar-refractivity contribution < 1.29 is 14.2 Å². The predicted octanol–water partition coefficient (Wildman–Crippen LogP) is 5.51. The molecule has 0 amide bonds. The number of hydrogen-bond donors (Lipinski definition) is 4. The van der Waals surface area contributed by atoms with Crippen molar-refractivity contribution in [3.63, 3.8) is 0 Å². The Morgan fingerprint density at radius 1 is 1.15 bits per heavy atom. The number of ether oxygens (including phenoxy) is 1. The highest BCUT2D eigenvalue weighted by Gasteiger charge is 2.16. The maximum atomic E-state index is 13.3. The Balaban J connectivity index is 3.40. The highest BCUT2D eigenvalue weighted by molar-refractivity contribution is 8.06. The minimum atomic E-state index is -1.21. The van der Waals surface area contributed by atoms with E-state index in [1.54, 1.807) is 32.1 Å². The van der Waals surface area contributed by atoms with Gasteiger partial charge in [0.25, 0.3) is 0 Å². The molecule has 1 aromatic carbocycles. The van der Waals surface area contributed by atoms with E-state index >= 15 is 0 Å². The summed E-state index contributed by atoms with van der Waals surface area (Å²) in [6, 6.07) is 5.67. The predicted molar refractivity (Wildman–Crippen MR) is 139 cm³/mol. The first kappa shape index (κ1) is 27.9. The molecule has 5 nitrogen and oxygen atoms in total. The molecule has 0 aliphatic heterocycles. The molecule has 0 saturated carbocycles. The highest BCUT2D eigenvalue weighted by Crippen LogP contribution is 2.34. The summed E-state index contributed by atoms with van der Waals surface area (Å²) in [6.45, 7) is 14.8. The fourth-order valence-corrected chi connectivity index (χ4v) is 2.89. The molecule has 33 heavy (non-hydrogen) atoms. The Labute approximate surface area is 203 Å². The average Bonchev–Trinajstić information content (AvgIpc) is 2.76. The summed E-state index contributed by atoms with van der Waals surface area (Å²) >= 11 is 7.01. The van der Waals surface area contributed by atoms with E-state index in [1.165, 1.54) is 42.6 Å². The Morgan fingerprint density at radius 2 is 1.76 bits per heavy atom. The van der Waals surface area contributed by atoms with Crippen molar-refractivity contribution in [2.45, 2.75) is 19.4 Å². The second-order valence-electron chi connectivity index (χ2n) is 7.19. The van der Waals surface area contributed by atoms with Gasteiger partial charge in [0.1, 0.15) is 11.6 Å². The minimum absolute atomic E-state index is 0.216. The molecule has 0 unspecified atom stereocenters. The summed E-state index contributed by atoms with van der Waals surface area (Å²) in [6.07, 6.45) is 9.09. The minimum Gasteiger partial charge on any atom is -0.448 e. The van der Waals surface area contributed by atoms with Crippen LogP contribution in [0, 0.1) is 5.82 Å². The third-order valence-electron chi connectivity index (χ3n) is 4.09. The molecule has 0 bridgehead atoms. The SMILES string of the molecule is C=CC(=C\C=C(/N)C(C)(C)O)/C(N)=C(/OC(=C)c1ccc(F)cc1)SC(=C)/C=C\C(Cl)=C/N. The first-order valence-corrected chi connectivity index (χ1v) is 10.9. The van der Waals surface area contributed by atoms with Crippen LogP contribution < -0.4 is 17.2 Å². The topological polar surface area (TPSA) is 108 Å². The molecule has 0 aromatic heterocycles. The molecule has 1 aromatic rings. The summed E-state index contributed by atoms with van der Waals surface area (Å²) in [5.41, 5.74) is 17.9. The number of thioether (sulfide) groups is 1. The van der Waals surface area contributed by atoms with Crippen molar-refractivity contribution in [2.75, 3.05) is 0 Å². The van der Waals surface area contributed by atoms with Crippen molar-refractivity contribution in [2.24, 2.45) is 17.2 Å². The maximum absolute atomic E-state index is 13.3. The number of allylic oxidation sites excluding steroid dienone is 6. The molecule has 0 radical (unpaired) electrons. The normalized spacial score (nSPS) is 14.2. The number of aliphatic hydroxyl groups is 1. The van der Waals surface area contributed by atoms with Gasteiger partial charge in [0, 0.05) is 27.9 Å². The van der Waals surface area contributed by atoms with Crippen molar-refractivity contribution >= 4 is 29.1 Å². The number of halogens is 2. The molecule has 0 heterocycles. The largest absolute Gasteiger partial charge is 0.448 e. The summed E-state index contributed by atoms with van der Waals surface area (Å²) in [7, 11) is 0. The van der Waals surface area contributed by atoms with E-state index in [1.807, 2.05) is 0 Å². The van der Waals surface area contributed by atoms with E-state index in [2.05, 4.69) is 19.7 Å². The van der Waals surface area contributed by atoms with Crippen LogP contribution in [0.5, 0.6) is 0 Å². The maximum Gasteiger partial charge on any atom is 0.189 e. The van der Waals surface area contributed by atoms with Crippen LogP contribution in [0.1, 0.15) is 19.4 Å². The van der Waals surface area contributed by atoms with Crippen molar-refractivity contribution in [1.29, 1.82) is 0 Å². The molecule has 7 N–H and O–H groups in total. The lowest BCUT2D eigenvalue weighted by Gasteiger charge is -2.17. The first-order chi connectivity index (χ1) is 15.4. The second kappa shape index (κ2) is 12.8. The van der Waals surface area contributed by atoms with Crippen LogP contribution in [0.25, 0.3) is 5.76 Å². The highest BCUT2D eigenvalue weighted by atomic mass is 35.5. The number of rotatable bonds is 11. The number of benzene rings is 1. The molecule has 0 saturated heterocycles. The van der Waals surface area contributed by atoms with Crippen LogP contribution in [0.15, 0.2) is 113 Å². The fraction of sp³-hybridized carbons (Fsp3) is 0.120. The smallest absolute Gasteiger partial charge is 0.189 e. The van der Waals surface area contributed by atoms with Crippen LogP contribution in [0.3, 0.4) is 0 Å². The molecule has 0 fully saturated rings. The van der Waals surface area contributed by atoms with Crippen LogP contribution >= 0.6 is 23.4 Å². The van der Waals surface area contributed by atoms with E-state index in [-0.39, 0.29) is 28.1 Å². The summed E-state index contributed by atoms with van der Waals surface area (Å²) in [4.78, 5) is 0.537. The molecule has 0 aliphatic carbocycles. The van der Waals surface area contributed by atoms with Gasteiger partial charge in [-0.2, -0.15) is 0 Å². The van der Waals surface area contributed by atoms with Crippen LogP contribution in [0.2, 0.25) is 0 Å². The Hall–Kier alpha value is -3.13. The third kappa shape index (κ3) is 9.49. The molecule has 0 aliphatic rings. The van der Waals surface area contributed by atoms with E-state index in [9.17, 15) is 9.50 Å². The quantitative estimate of drug-likeness (QED) is 0.241. The van der Waals surface area contributed by atoms with Crippen molar-refractivity contribution in [3.05, 3.63) is 124 Å². The fourth-order valence-electron chi connectivity index (χ4n) is 2.09. The zero-order valence-corrected chi connectivity index (χ0v) is 20.2. The standard InChI is InChI=1S/C25H29ClFN3O2S/c1-6-18(10-14-22(29)25(4,5)31)23(30)24(33-16(2)7-11-20(26)15-28)32-17(3)19-8-12-21(27)13-9-19/h6-15,31H,1-3,28-30H2,4-5H3/b11-7-,18-10+,20-15+,22-14-,24-23+. The van der Waals surface area contributed by atoms with E-state index < -0.39 is 5.60 Å². The van der Waals surface area contributed by atoms with Crippen LogP contribution in [-0.4, -0.2) is 10.7 Å². The van der Waals surface area contributed by atoms with Gasteiger partial charge in [0.05, 0.1) is 16.3 Å². The Bertz CT molecular complexity index is 1050. The zero-order chi connectivity index (χ0) is 25.2.